The predicted molar refractivity (Wildman–Crippen MR) is 101 cm³/mol. The lowest BCUT2D eigenvalue weighted by molar-refractivity contribution is 0.0734. The molecule has 3 aromatic carbocycles. The number of hydrogen-bond acceptors (Lipinski definition) is 3. The Morgan fingerprint density at radius 3 is 2.32 bits per heavy atom. The molecule has 0 fully saturated rings. The lowest BCUT2D eigenvalue weighted by Crippen LogP contribution is -2.08. The van der Waals surface area contributed by atoms with Crippen molar-refractivity contribution in [3.63, 3.8) is 0 Å². The molecule has 0 radical (unpaired) electrons. The summed E-state index contributed by atoms with van der Waals surface area (Å²) in [5.41, 5.74) is 2.65. The molecule has 126 valence electrons. The van der Waals surface area contributed by atoms with E-state index in [0.717, 1.165) is 21.3 Å². The van der Waals surface area contributed by atoms with Gasteiger partial charge in [0.05, 0.1) is 5.56 Å². The zero-order valence-electron chi connectivity index (χ0n) is 13.7. The molecule has 3 aromatic rings. The smallest absolute Gasteiger partial charge is 0.343 e. The number of hydrogen-bond donors (Lipinski definition) is 0. The monoisotopic (exact) mass is 396 g/mol. The number of carbonyl (C=O) groups excluding carboxylic acids is 1. The van der Waals surface area contributed by atoms with E-state index in [4.69, 9.17) is 9.47 Å². The molecule has 0 saturated carbocycles. The van der Waals surface area contributed by atoms with E-state index in [1.54, 1.807) is 24.3 Å². The van der Waals surface area contributed by atoms with Crippen LogP contribution < -0.4 is 9.47 Å². The van der Waals surface area contributed by atoms with Crippen molar-refractivity contribution in [1.29, 1.82) is 0 Å². The lowest BCUT2D eigenvalue weighted by atomic mass is 10.1. The molecule has 0 amide bonds. The standard InChI is InChI=1S/C21H17BrO3/c1-15-3-2-4-20(13-15)24-14-16-5-7-17(8-6-16)21(23)25-19-11-9-18(22)10-12-19/h2-13H,14H2,1H3. The zero-order chi connectivity index (χ0) is 17.6. The van der Waals surface area contributed by atoms with Crippen LogP contribution in [0.2, 0.25) is 0 Å². The highest BCUT2D eigenvalue weighted by Crippen LogP contribution is 2.18. The Hall–Kier alpha value is -2.59. The first-order valence-electron chi connectivity index (χ1n) is 7.86. The second kappa shape index (κ2) is 7.99. The van der Waals surface area contributed by atoms with E-state index in [-0.39, 0.29) is 5.97 Å². The number of carbonyl (C=O) groups is 1. The fourth-order valence-electron chi connectivity index (χ4n) is 2.28. The minimum atomic E-state index is -0.381. The van der Waals surface area contributed by atoms with Crippen molar-refractivity contribution < 1.29 is 14.3 Å². The van der Waals surface area contributed by atoms with Gasteiger partial charge in [-0.2, -0.15) is 0 Å². The van der Waals surface area contributed by atoms with Crippen molar-refractivity contribution in [3.8, 4) is 11.5 Å². The highest BCUT2D eigenvalue weighted by Gasteiger charge is 2.08. The van der Waals surface area contributed by atoms with Gasteiger partial charge < -0.3 is 9.47 Å². The summed E-state index contributed by atoms with van der Waals surface area (Å²) in [5.74, 6) is 0.965. The zero-order valence-corrected chi connectivity index (χ0v) is 15.3. The highest BCUT2D eigenvalue weighted by atomic mass is 79.9. The van der Waals surface area contributed by atoms with Crippen LogP contribution in [0.15, 0.2) is 77.3 Å². The van der Waals surface area contributed by atoms with Gasteiger partial charge in [-0.1, -0.05) is 40.2 Å². The molecule has 0 atom stereocenters. The molecule has 0 heterocycles. The fraction of sp³-hybridized carbons (Fsp3) is 0.0952. The molecule has 3 nitrogen and oxygen atoms in total. The second-order valence-electron chi connectivity index (χ2n) is 5.65. The average molecular weight is 397 g/mol. The van der Waals surface area contributed by atoms with E-state index in [1.807, 2.05) is 55.5 Å². The molecule has 0 aliphatic heterocycles. The van der Waals surface area contributed by atoms with E-state index in [0.29, 0.717) is 17.9 Å². The van der Waals surface area contributed by atoms with Crippen molar-refractivity contribution in [2.45, 2.75) is 13.5 Å². The quantitative estimate of drug-likeness (QED) is 0.418. The molecule has 0 aromatic heterocycles. The molecule has 0 aliphatic rings. The van der Waals surface area contributed by atoms with Crippen molar-refractivity contribution in [2.75, 3.05) is 0 Å². The van der Waals surface area contributed by atoms with Crippen LogP contribution in [0.5, 0.6) is 11.5 Å². The van der Waals surface area contributed by atoms with E-state index in [1.165, 1.54) is 0 Å². The molecule has 0 unspecified atom stereocenters. The van der Waals surface area contributed by atoms with Crippen LogP contribution >= 0.6 is 15.9 Å². The van der Waals surface area contributed by atoms with Crippen molar-refractivity contribution in [1.82, 2.24) is 0 Å². The van der Waals surface area contributed by atoms with E-state index >= 15 is 0 Å². The Morgan fingerprint density at radius 1 is 0.920 bits per heavy atom. The van der Waals surface area contributed by atoms with Gasteiger partial charge in [-0.3, -0.25) is 0 Å². The number of benzene rings is 3. The van der Waals surface area contributed by atoms with Gasteiger partial charge in [-0.05, 0) is 66.6 Å². The van der Waals surface area contributed by atoms with Gasteiger partial charge >= 0.3 is 5.97 Å². The van der Waals surface area contributed by atoms with Crippen molar-refractivity contribution in [3.05, 3.63) is 94.0 Å². The van der Waals surface area contributed by atoms with Gasteiger partial charge in [0.1, 0.15) is 18.1 Å². The summed E-state index contributed by atoms with van der Waals surface area (Å²) in [6.07, 6.45) is 0. The van der Waals surface area contributed by atoms with Crippen molar-refractivity contribution in [2.24, 2.45) is 0 Å². The normalized spacial score (nSPS) is 10.3. The third-order valence-corrected chi connectivity index (χ3v) is 4.14. The molecule has 0 aliphatic carbocycles. The van der Waals surface area contributed by atoms with Gasteiger partial charge in [0, 0.05) is 4.47 Å². The van der Waals surface area contributed by atoms with Crippen LogP contribution in [0.1, 0.15) is 21.5 Å². The van der Waals surface area contributed by atoms with Crippen LogP contribution in [0, 0.1) is 6.92 Å². The molecule has 0 bridgehead atoms. The van der Waals surface area contributed by atoms with Crippen LogP contribution in [0.25, 0.3) is 0 Å². The third-order valence-electron chi connectivity index (χ3n) is 3.61. The Labute approximate surface area is 155 Å². The molecule has 0 N–H and O–H groups in total. The molecule has 25 heavy (non-hydrogen) atoms. The Morgan fingerprint density at radius 2 is 1.64 bits per heavy atom. The first-order chi connectivity index (χ1) is 12.1. The summed E-state index contributed by atoms with van der Waals surface area (Å²) >= 11 is 3.35. The molecular weight excluding hydrogens is 380 g/mol. The summed E-state index contributed by atoms with van der Waals surface area (Å²) in [7, 11) is 0. The topological polar surface area (TPSA) is 35.5 Å². The Kier molecular flexibility index (Phi) is 5.51. The Bertz CT molecular complexity index is 855. The van der Waals surface area contributed by atoms with Crippen LogP contribution in [0.3, 0.4) is 0 Å². The first-order valence-corrected chi connectivity index (χ1v) is 8.65. The number of ether oxygens (including phenoxy) is 2. The number of esters is 1. The minimum absolute atomic E-state index is 0.381. The van der Waals surface area contributed by atoms with Crippen molar-refractivity contribution >= 4 is 21.9 Å². The highest BCUT2D eigenvalue weighted by molar-refractivity contribution is 9.10. The fourth-order valence-corrected chi connectivity index (χ4v) is 2.54. The first kappa shape index (κ1) is 17.2. The van der Waals surface area contributed by atoms with E-state index in [9.17, 15) is 4.79 Å². The average Bonchev–Trinajstić information content (AvgIpc) is 2.62. The molecule has 0 spiro atoms. The maximum Gasteiger partial charge on any atom is 0.343 e. The molecule has 3 rings (SSSR count). The maximum absolute atomic E-state index is 12.2. The number of aryl methyl sites for hydroxylation is 1. The predicted octanol–water partition coefficient (Wildman–Crippen LogP) is 5.56. The number of halogens is 1. The lowest BCUT2D eigenvalue weighted by Gasteiger charge is -2.08. The van der Waals surface area contributed by atoms with Gasteiger partial charge in [-0.25, -0.2) is 4.79 Å². The maximum atomic E-state index is 12.2. The summed E-state index contributed by atoms with van der Waals surface area (Å²) < 4.78 is 12.0. The third kappa shape index (κ3) is 4.94. The van der Waals surface area contributed by atoms with Crippen LogP contribution in [-0.4, -0.2) is 5.97 Å². The molecular formula is C21H17BrO3. The summed E-state index contributed by atoms with van der Waals surface area (Å²) in [6.45, 7) is 2.48. The van der Waals surface area contributed by atoms with Crippen LogP contribution in [0.4, 0.5) is 0 Å². The Balaban J connectivity index is 1.59. The number of rotatable bonds is 5. The minimum Gasteiger partial charge on any atom is -0.489 e. The summed E-state index contributed by atoms with van der Waals surface area (Å²) in [6, 6.07) is 22.3. The summed E-state index contributed by atoms with van der Waals surface area (Å²) in [5, 5.41) is 0. The van der Waals surface area contributed by atoms with Gasteiger partial charge in [0.2, 0.25) is 0 Å². The SMILES string of the molecule is Cc1cccc(OCc2ccc(C(=O)Oc3ccc(Br)cc3)cc2)c1. The largest absolute Gasteiger partial charge is 0.489 e. The molecule has 4 heteroatoms. The van der Waals surface area contributed by atoms with Gasteiger partial charge in [-0.15, -0.1) is 0 Å². The van der Waals surface area contributed by atoms with E-state index in [2.05, 4.69) is 15.9 Å². The molecule has 0 saturated heterocycles. The van der Waals surface area contributed by atoms with Gasteiger partial charge in [0.15, 0.2) is 0 Å². The van der Waals surface area contributed by atoms with E-state index < -0.39 is 0 Å². The van der Waals surface area contributed by atoms with Gasteiger partial charge in [0.25, 0.3) is 0 Å². The summed E-state index contributed by atoms with van der Waals surface area (Å²) in [4.78, 5) is 12.2. The van der Waals surface area contributed by atoms with Crippen LogP contribution in [-0.2, 0) is 6.61 Å². The second-order valence-corrected chi connectivity index (χ2v) is 6.56.